The second-order valence-electron chi connectivity index (χ2n) is 4.42. The maximum atomic E-state index is 5.62. The first kappa shape index (κ1) is 9.31. The molecule has 0 aliphatic carbocycles. The fraction of sp³-hybridized carbons (Fsp3) is 0.545. The van der Waals surface area contributed by atoms with Gasteiger partial charge in [0.05, 0.1) is 11.6 Å². The van der Waals surface area contributed by atoms with Crippen LogP contribution in [0.15, 0.2) is 28.6 Å². The highest BCUT2D eigenvalue weighted by Gasteiger charge is 2.30. The third-order valence-corrected chi connectivity index (χ3v) is 2.41. The molecule has 3 nitrogen and oxygen atoms in total. The average molecular weight is 192 g/mol. The maximum Gasteiger partial charge on any atom is 0.192 e. The molecule has 0 saturated carbocycles. The van der Waals surface area contributed by atoms with Crippen molar-refractivity contribution in [2.45, 2.75) is 32.4 Å². The molecule has 0 bridgehead atoms. The van der Waals surface area contributed by atoms with Gasteiger partial charge < -0.3 is 10.1 Å². The minimum absolute atomic E-state index is 0.0387. The number of nitrogens with one attached hydrogen (secondary N) is 1. The van der Waals surface area contributed by atoms with E-state index in [0.717, 1.165) is 18.1 Å². The standard InChI is InChI=1S/C11H16N2O/c1-8-9(5-4-6-12-8)10-13-11(2,3)7-14-10/h4-6,8,13H,7H2,1-3H3/b10-9-. The van der Waals surface area contributed by atoms with Crippen LogP contribution < -0.4 is 5.32 Å². The summed E-state index contributed by atoms with van der Waals surface area (Å²) in [6, 6.07) is 0.191. The largest absolute Gasteiger partial charge is 0.476 e. The summed E-state index contributed by atoms with van der Waals surface area (Å²) in [5.41, 5.74) is 1.18. The smallest absolute Gasteiger partial charge is 0.192 e. The molecule has 14 heavy (non-hydrogen) atoms. The van der Waals surface area contributed by atoms with Gasteiger partial charge in [-0.05, 0) is 26.8 Å². The molecule has 1 fully saturated rings. The zero-order valence-corrected chi connectivity index (χ0v) is 8.87. The van der Waals surface area contributed by atoms with E-state index in [1.54, 1.807) is 0 Å². The zero-order valence-electron chi connectivity index (χ0n) is 8.87. The fourth-order valence-corrected chi connectivity index (χ4v) is 1.60. The van der Waals surface area contributed by atoms with Crippen LogP contribution in [0, 0.1) is 0 Å². The van der Waals surface area contributed by atoms with Crippen molar-refractivity contribution >= 4 is 6.21 Å². The summed E-state index contributed by atoms with van der Waals surface area (Å²) in [5.74, 6) is 0.885. The van der Waals surface area contributed by atoms with Gasteiger partial charge in [0.1, 0.15) is 6.61 Å². The molecule has 2 heterocycles. The van der Waals surface area contributed by atoms with Crippen LogP contribution in [0.25, 0.3) is 0 Å². The quantitative estimate of drug-likeness (QED) is 0.633. The Morgan fingerprint density at radius 2 is 2.36 bits per heavy atom. The van der Waals surface area contributed by atoms with Gasteiger partial charge in [0.15, 0.2) is 5.88 Å². The van der Waals surface area contributed by atoms with Gasteiger partial charge in [-0.15, -0.1) is 0 Å². The second kappa shape index (κ2) is 3.15. The fourth-order valence-electron chi connectivity index (χ4n) is 1.60. The third-order valence-electron chi connectivity index (χ3n) is 2.41. The van der Waals surface area contributed by atoms with Gasteiger partial charge in [-0.1, -0.05) is 6.08 Å². The summed E-state index contributed by atoms with van der Waals surface area (Å²) in [6.45, 7) is 7.04. The van der Waals surface area contributed by atoms with Gasteiger partial charge in [0, 0.05) is 11.8 Å². The van der Waals surface area contributed by atoms with Crippen molar-refractivity contribution in [1.82, 2.24) is 5.32 Å². The maximum absolute atomic E-state index is 5.62. The number of allylic oxidation sites excluding steroid dienone is 1. The third kappa shape index (κ3) is 1.67. The van der Waals surface area contributed by atoms with Crippen molar-refractivity contribution in [2.75, 3.05) is 6.61 Å². The van der Waals surface area contributed by atoms with Crippen LogP contribution in [0.3, 0.4) is 0 Å². The van der Waals surface area contributed by atoms with Crippen molar-refractivity contribution in [3.63, 3.8) is 0 Å². The summed E-state index contributed by atoms with van der Waals surface area (Å²) in [5, 5.41) is 3.36. The molecule has 0 radical (unpaired) electrons. The van der Waals surface area contributed by atoms with E-state index >= 15 is 0 Å². The average Bonchev–Trinajstić information content (AvgIpc) is 2.47. The number of nitrogens with zero attached hydrogens (tertiary/aromatic N) is 1. The van der Waals surface area contributed by atoms with Crippen molar-refractivity contribution in [3.05, 3.63) is 23.6 Å². The second-order valence-corrected chi connectivity index (χ2v) is 4.42. The Hall–Kier alpha value is -1.25. The summed E-state index contributed by atoms with van der Waals surface area (Å²) in [4.78, 5) is 4.31. The van der Waals surface area contributed by atoms with Gasteiger partial charge >= 0.3 is 0 Å². The van der Waals surface area contributed by atoms with E-state index in [1.807, 2.05) is 12.3 Å². The molecule has 2 aliphatic rings. The minimum Gasteiger partial charge on any atom is -0.476 e. The zero-order chi connectivity index (χ0) is 10.2. The number of ether oxygens (including phenoxy) is 1. The minimum atomic E-state index is 0.0387. The summed E-state index contributed by atoms with van der Waals surface area (Å²) >= 11 is 0. The molecule has 1 N–H and O–H groups in total. The van der Waals surface area contributed by atoms with Crippen molar-refractivity contribution in [2.24, 2.45) is 4.99 Å². The van der Waals surface area contributed by atoms with Crippen LogP contribution in [0.4, 0.5) is 0 Å². The number of aliphatic imine (C=N–C) groups is 1. The molecular weight excluding hydrogens is 176 g/mol. The van der Waals surface area contributed by atoms with Gasteiger partial charge in [0.25, 0.3) is 0 Å². The van der Waals surface area contributed by atoms with Gasteiger partial charge in [-0.25, -0.2) is 0 Å². The molecule has 2 aliphatic heterocycles. The molecule has 0 aromatic rings. The van der Waals surface area contributed by atoms with Gasteiger partial charge in [-0.2, -0.15) is 0 Å². The van der Waals surface area contributed by atoms with Crippen molar-refractivity contribution < 1.29 is 4.74 Å². The highest BCUT2D eigenvalue weighted by Crippen LogP contribution is 2.23. The Morgan fingerprint density at radius 3 is 2.93 bits per heavy atom. The Kier molecular flexibility index (Phi) is 2.10. The number of hydrogen-bond acceptors (Lipinski definition) is 3. The summed E-state index contributed by atoms with van der Waals surface area (Å²) in [6.07, 6.45) is 5.83. The molecule has 3 heteroatoms. The lowest BCUT2D eigenvalue weighted by Crippen LogP contribution is -2.34. The van der Waals surface area contributed by atoms with E-state index in [0.29, 0.717) is 0 Å². The Labute approximate surface area is 84.6 Å². The normalized spacial score (nSPS) is 34.1. The van der Waals surface area contributed by atoms with E-state index < -0.39 is 0 Å². The number of rotatable bonds is 0. The molecule has 0 aromatic heterocycles. The van der Waals surface area contributed by atoms with Crippen LogP contribution in [0.1, 0.15) is 20.8 Å². The monoisotopic (exact) mass is 192 g/mol. The van der Waals surface area contributed by atoms with Crippen LogP contribution in [-0.2, 0) is 4.74 Å². The SMILES string of the molecule is CC1N=CC=C/C1=C1\NC(C)(C)CO1. The van der Waals surface area contributed by atoms with E-state index in [9.17, 15) is 0 Å². The predicted molar refractivity (Wildman–Crippen MR) is 57.3 cm³/mol. The van der Waals surface area contributed by atoms with Crippen LogP contribution in [0.2, 0.25) is 0 Å². The molecule has 1 saturated heterocycles. The first-order valence-corrected chi connectivity index (χ1v) is 4.93. The van der Waals surface area contributed by atoms with Crippen LogP contribution in [-0.4, -0.2) is 24.4 Å². The lowest BCUT2D eigenvalue weighted by atomic mass is 10.1. The molecule has 2 rings (SSSR count). The Morgan fingerprint density at radius 1 is 1.57 bits per heavy atom. The number of hydrogen-bond donors (Lipinski definition) is 1. The molecule has 0 aromatic carbocycles. The first-order chi connectivity index (χ1) is 6.58. The van der Waals surface area contributed by atoms with Crippen LogP contribution in [0.5, 0.6) is 0 Å². The van der Waals surface area contributed by atoms with Crippen molar-refractivity contribution in [1.29, 1.82) is 0 Å². The van der Waals surface area contributed by atoms with E-state index in [2.05, 4.69) is 37.2 Å². The van der Waals surface area contributed by atoms with Crippen LogP contribution >= 0.6 is 0 Å². The summed E-state index contributed by atoms with van der Waals surface area (Å²) in [7, 11) is 0. The highest BCUT2D eigenvalue weighted by molar-refractivity contribution is 5.74. The lowest BCUT2D eigenvalue weighted by Gasteiger charge is -2.16. The van der Waals surface area contributed by atoms with Crippen molar-refractivity contribution in [3.8, 4) is 0 Å². The molecular formula is C11H16N2O. The van der Waals surface area contributed by atoms with Gasteiger partial charge in [-0.3, -0.25) is 4.99 Å². The highest BCUT2D eigenvalue weighted by atomic mass is 16.5. The summed E-state index contributed by atoms with van der Waals surface area (Å²) < 4.78 is 5.62. The molecule has 0 spiro atoms. The predicted octanol–water partition coefficient (Wildman–Crippen LogP) is 1.63. The molecule has 0 amide bonds. The Bertz CT molecular complexity index is 326. The van der Waals surface area contributed by atoms with Gasteiger partial charge in [0.2, 0.25) is 0 Å². The topological polar surface area (TPSA) is 33.6 Å². The molecule has 1 atom stereocenters. The van der Waals surface area contributed by atoms with E-state index in [-0.39, 0.29) is 11.6 Å². The first-order valence-electron chi connectivity index (χ1n) is 4.93. The van der Waals surface area contributed by atoms with E-state index in [1.165, 1.54) is 0 Å². The van der Waals surface area contributed by atoms with E-state index in [4.69, 9.17) is 4.74 Å². The Balaban J connectivity index is 2.25. The molecule has 76 valence electrons. The number of dihydropyridines is 1. The lowest BCUT2D eigenvalue weighted by molar-refractivity contribution is 0.233. The molecule has 1 unspecified atom stereocenters.